The third-order valence-corrected chi connectivity index (χ3v) is 13.6. The Labute approximate surface area is 405 Å². The molecule has 3 N–H and O–H groups in total. The first-order valence-corrected chi connectivity index (χ1v) is 24.0. The third-order valence-electron chi connectivity index (χ3n) is 13.6. The molecule has 3 aliphatic heterocycles. The van der Waals surface area contributed by atoms with Crippen LogP contribution in [0.4, 0.5) is 16.0 Å². The van der Waals surface area contributed by atoms with Gasteiger partial charge in [-0.05, 0) is 72.2 Å². The second-order valence-corrected chi connectivity index (χ2v) is 18.2. The van der Waals surface area contributed by atoms with E-state index in [1.54, 1.807) is 58.7 Å². The van der Waals surface area contributed by atoms with Crippen LogP contribution in [-0.4, -0.2) is 158 Å². The molecular formula is C52H57FN12O5. The van der Waals surface area contributed by atoms with Crippen LogP contribution in [0.3, 0.4) is 0 Å². The van der Waals surface area contributed by atoms with Gasteiger partial charge in [0, 0.05) is 108 Å². The van der Waals surface area contributed by atoms with E-state index in [1.807, 2.05) is 35.2 Å². The zero-order valence-electron chi connectivity index (χ0n) is 39.3. The number of nitrogens with zero attached hydrogens (tertiary/aromatic N) is 9. The summed E-state index contributed by atoms with van der Waals surface area (Å²) in [6.07, 6.45) is 7.73. The third kappa shape index (κ3) is 11.4. The van der Waals surface area contributed by atoms with Gasteiger partial charge in [0.1, 0.15) is 5.82 Å². The summed E-state index contributed by atoms with van der Waals surface area (Å²) in [5, 5.41) is 13.8. The van der Waals surface area contributed by atoms with Crippen LogP contribution in [0.25, 0.3) is 21.9 Å². The fraction of sp³-hybridized carbons (Fsp3) is 0.365. The maximum absolute atomic E-state index is 15.1. The SMILES string of the molecule is CCc1cccc(-c2cnc(C(=O)N3CCC(CN4CCN(CC(=O)N5CCN(C(=O)c6cc(Cc7n[nH]c(=O)c8ccccc78)ccc6F)CC5)CC4)CC3)c(NC(=O)CNc3ncccn3)c2)c1. The quantitative estimate of drug-likeness (QED) is 0.138. The Morgan fingerprint density at radius 1 is 0.714 bits per heavy atom. The van der Waals surface area contributed by atoms with Crippen molar-refractivity contribution < 1.29 is 23.6 Å². The Hall–Kier alpha value is -7.44. The van der Waals surface area contributed by atoms with Crippen LogP contribution in [0.1, 0.15) is 57.4 Å². The zero-order chi connectivity index (χ0) is 48.6. The number of halogens is 1. The standard InChI is InChI=1S/C52H57FN12O5/c1-2-35-7-5-8-38(27-35)39-30-45(58-46(66)32-57-52-54-15-6-16-55-52)48(56-31-39)51(70)64-17-13-36(14-18-64)33-61-19-21-62(22-20-61)34-47(67)63-23-25-65(26-24-63)50(69)42-28-37(11-12-43(42)53)29-44-40-9-3-4-10-41(40)49(68)60-59-44/h3-12,15-16,27-28,30-31,36H,2,13-14,17-26,29,32-34H2,1H3,(H,58,66)(H,60,68)(H,54,55,57). The smallest absolute Gasteiger partial charge is 0.274 e. The van der Waals surface area contributed by atoms with Crippen molar-refractivity contribution in [3.8, 4) is 11.1 Å². The number of hydrogen-bond donors (Lipinski definition) is 3. The number of amides is 4. The lowest BCUT2D eigenvalue weighted by atomic mass is 9.95. The van der Waals surface area contributed by atoms with Crippen molar-refractivity contribution in [2.24, 2.45) is 5.92 Å². The molecule has 0 unspecified atom stereocenters. The van der Waals surface area contributed by atoms with Gasteiger partial charge in [-0.3, -0.25) is 28.9 Å². The van der Waals surface area contributed by atoms with Crippen LogP contribution in [0.2, 0.25) is 0 Å². The number of anilines is 2. The summed E-state index contributed by atoms with van der Waals surface area (Å²) >= 11 is 0. The average Bonchev–Trinajstić information content (AvgIpc) is 3.40. The lowest BCUT2D eigenvalue weighted by Gasteiger charge is -2.40. The molecule has 3 aromatic carbocycles. The van der Waals surface area contributed by atoms with Gasteiger partial charge in [0.05, 0.1) is 35.4 Å². The molecule has 9 rings (SSSR count). The summed E-state index contributed by atoms with van der Waals surface area (Å²) < 4.78 is 15.1. The molecule has 0 spiro atoms. The summed E-state index contributed by atoms with van der Waals surface area (Å²) in [7, 11) is 0. The number of H-pyrrole nitrogens is 1. The number of nitrogens with one attached hydrogen (secondary N) is 3. The van der Waals surface area contributed by atoms with E-state index >= 15 is 4.39 Å². The maximum Gasteiger partial charge on any atom is 0.274 e. The maximum atomic E-state index is 15.1. The molecule has 3 aromatic heterocycles. The van der Waals surface area contributed by atoms with Crippen molar-refractivity contribution in [1.29, 1.82) is 0 Å². The summed E-state index contributed by atoms with van der Waals surface area (Å²) in [6.45, 7) is 8.89. The topological polar surface area (TPSA) is 193 Å². The molecule has 0 bridgehead atoms. The van der Waals surface area contributed by atoms with E-state index in [2.05, 4.69) is 64.6 Å². The predicted octanol–water partition coefficient (Wildman–Crippen LogP) is 4.57. The molecule has 0 atom stereocenters. The van der Waals surface area contributed by atoms with Gasteiger partial charge in [0.15, 0.2) is 5.69 Å². The molecule has 0 saturated carbocycles. The van der Waals surface area contributed by atoms with E-state index in [0.717, 1.165) is 63.1 Å². The minimum absolute atomic E-state index is 0.0161. The largest absolute Gasteiger partial charge is 0.345 e. The molecule has 3 saturated heterocycles. The van der Waals surface area contributed by atoms with Gasteiger partial charge in [-0.2, -0.15) is 5.10 Å². The zero-order valence-corrected chi connectivity index (χ0v) is 39.3. The number of hydrogen-bond acceptors (Lipinski definition) is 12. The van der Waals surface area contributed by atoms with Crippen LogP contribution >= 0.6 is 0 Å². The fourth-order valence-corrected chi connectivity index (χ4v) is 9.53. The number of piperazine rings is 2. The van der Waals surface area contributed by atoms with Crippen LogP contribution in [0.5, 0.6) is 0 Å². The number of likely N-dealkylation sites (tertiary alicyclic amines) is 1. The van der Waals surface area contributed by atoms with Crippen LogP contribution < -0.4 is 16.2 Å². The fourth-order valence-electron chi connectivity index (χ4n) is 9.53. The number of aromatic amines is 1. The molecule has 362 valence electrons. The van der Waals surface area contributed by atoms with Crippen LogP contribution in [0.15, 0.2) is 102 Å². The molecule has 3 aliphatic rings. The summed E-state index contributed by atoms with van der Waals surface area (Å²) in [5.41, 5.74) is 4.45. The van der Waals surface area contributed by atoms with Gasteiger partial charge >= 0.3 is 0 Å². The molecule has 0 radical (unpaired) electrons. The van der Waals surface area contributed by atoms with Crippen molar-refractivity contribution in [1.82, 2.24) is 49.6 Å². The Kier molecular flexibility index (Phi) is 14.9. The van der Waals surface area contributed by atoms with E-state index in [-0.39, 0.29) is 41.1 Å². The van der Waals surface area contributed by atoms with Gasteiger partial charge < -0.3 is 30.2 Å². The number of piperidine rings is 1. The van der Waals surface area contributed by atoms with E-state index in [4.69, 9.17) is 0 Å². The molecule has 4 amide bonds. The van der Waals surface area contributed by atoms with Gasteiger partial charge in [-0.25, -0.2) is 24.4 Å². The lowest BCUT2D eigenvalue weighted by molar-refractivity contribution is -0.134. The Morgan fingerprint density at radius 2 is 1.43 bits per heavy atom. The Morgan fingerprint density at radius 3 is 2.19 bits per heavy atom. The Bertz CT molecular complexity index is 2910. The molecule has 6 heterocycles. The molecule has 70 heavy (non-hydrogen) atoms. The second kappa shape index (κ2) is 21.9. The summed E-state index contributed by atoms with van der Waals surface area (Å²) in [6, 6.07) is 23.3. The molecule has 17 nitrogen and oxygen atoms in total. The number of aromatic nitrogens is 5. The van der Waals surface area contributed by atoms with Crippen molar-refractivity contribution in [2.75, 3.05) is 95.7 Å². The molecule has 0 aliphatic carbocycles. The number of carbonyl (C=O) groups excluding carboxylic acids is 4. The molecule has 6 aromatic rings. The van der Waals surface area contributed by atoms with Gasteiger partial charge in [0.25, 0.3) is 17.4 Å². The lowest BCUT2D eigenvalue weighted by Crippen LogP contribution is -2.55. The summed E-state index contributed by atoms with van der Waals surface area (Å²) in [4.78, 5) is 89.3. The van der Waals surface area contributed by atoms with Gasteiger partial charge in [-0.15, -0.1) is 0 Å². The summed E-state index contributed by atoms with van der Waals surface area (Å²) in [5.74, 6) is -0.865. The van der Waals surface area contributed by atoms with Gasteiger partial charge in [0.2, 0.25) is 17.8 Å². The van der Waals surface area contributed by atoms with Crippen molar-refractivity contribution in [2.45, 2.75) is 32.6 Å². The van der Waals surface area contributed by atoms with Crippen molar-refractivity contribution in [3.63, 3.8) is 0 Å². The number of aryl methyl sites for hydroxylation is 1. The van der Waals surface area contributed by atoms with E-state index < -0.39 is 11.7 Å². The first-order valence-electron chi connectivity index (χ1n) is 24.0. The minimum Gasteiger partial charge on any atom is -0.345 e. The number of pyridine rings is 1. The number of rotatable bonds is 14. The second-order valence-electron chi connectivity index (χ2n) is 18.2. The number of carbonyl (C=O) groups is 4. The number of benzene rings is 3. The van der Waals surface area contributed by atoms with E-state index in [1.165, 1.54) is 11.6 Å². The molecule has 3 fully saturated rings. The number of fused-ring (bicyclic) bond motifs is 1. The molecular weight excluding hydrogens is 892 g/mol. The van der Waals surface area contributed by atoms with E-state index in [9.17, 15) is 24.0 Å². The first kappa shape index (κ1) is 47.6. The first-order chi connectivity index (χ1) is 34.1. The minimum atomic E-state index is -0.613. The highest BCUT2D eigenvalue weighted by Gasteiger charge is 2.31. The molecule has 18 heteroatoms. The monoisotopic (exact) mass is 948 g/mol. The average molecular weight is 949 g/mol. The van der Waals surface area contributed by atoms with Crippen molar-refractivity contribution in [3.05, 3.63) is 142 Å². The predicted molar refractivity (Wildman–Crippen MR) is 264 cm³/mol. The van der Waals surface area contributed by atoms with Crippen LogP contribution in [0, 0.1) is 11.7 Å². The van der Waals surface area contributed by atoms with E-state index in [0.29, 0.717) is 91.8 Å². The van der Waals surface area contributed by atoms with Crippen LogP contribution in [-0.2, 0) is 22.4 Å². The normalized spacial score (nSPS) is 16.1. The van der Waals surface area contributed by atoms with Crippen molar-refractivity contribution >= 4 is 46.0 Å². The Balaban J connectivity index is 0.724. The highest BCUT2D eigenvalue weighted by molar-refractivity contribution is 6.04. The van der Waals surface area contributed by atoms with Gasteiger partial charge in [-0.1, -0.05) is 55.5 Å². The highest BCUT2D eigenvalue weighted by Crippen LogP contribution is 2.28. The highest BCUT2D eigenvalue weighted by atomic mass is 19.1.